The lowest BCUT2D eigenvalue weighted by atomic mass is 9.95. The van der Waals surface area contributed by atoms with E-state index in [-0.39, 0.29) is 29.2 Å². The van der Waals surface area contributed by atoms with Gasteiger partial charge >= 0.3 is 11.9 Å². The van der Waals surface area contributed by atoms with Crippen LogP contribution in [0, 0.1) is 0 Å². The number of carbonyl (C=O) groups excluding carboxylic acids is 2. The van der Waals surface area contributed by atoms with Gasteiger partial charge in [0.05, 0.1) is 45.6 Å². The van der Waals surface area contributed by atoms with Crippen LogP contribution in [0.5, 0.6) is 11.5 Å². The van der Waals surface area contributed by atoms with Crippen molar-refractivity contribution in [1.29, 1.82) is 0 Å². The molecule has 1 atom stereocenters. The van der Waals surface area contributed by atoms with Gasteiger partial charge in [0.1, 0.15) is 11.5 Å². The zero-order valence-electron chi connectivity index (χ0n) is 22.9. The Morgan fingerprint density at radius 2 is 1.88 bits per heavy atom. The van der Waals surface area contributed by atoms with E-state index in [9.17, 15) is 14.4 Å². The number of hydrogen-bond donors (Lipinski definition) is 0. The van der Waals surface area contributed by atoms with Crippen molar-refractivity contribution in [3.63, 3.8) is 0 Å². The van der Waals surface area contributed by atoms with Gasteiger partial charge in [-0.25, -0.2) is 9.79 Å². The van der Waals surface area contributed by atoms with E-state index in [1.54, 1.807) is 68.5 Å². The quantitative estimate of drug-likeness (QED) is 0.202. The zero-order chi connectivity index (χ0) is 30.1. The summed E-state index contributed by atoms with van der Waals surface area (Å²) in [5.74, 6) is 0.330. The van der Waals surface area contributed by atoms with Gasteiger partial charge in [0.25, 0.3) is 5.56 Å². The van der Waals surface area contributed by atoms with Crippen LogP contribution in [0.3, 0.4) is 0 Å². The second kappa shape index (κ2) is 12.0. The van der Waals surface area contributed by atoms with Gasteiger partial charge in [-0.15, -0.1) is 0 Å². The molecule has 5 rings (SSSR count). The molecule has 12 heteroatoms. The first-order chi connectivity index (χ1) is 20.1. The third-order valence-corrected chi connectivity index (χ3v) is 8.10. The Balaban J connectivity index is 1.64. The lowest BCUT2D eigenvalue weighted by Crippen LogP contribution is -2.39. The third-order valence-electron chi connectivity index (χ3n) is 6.38. The van der Waals surface area contributed by atoms with E-state index in [1.165, 1.54) is 18.6 Å². The number of hydrogen-bond acceptors (Lipinski definition) is 9. The van der Waals surface area contributed by atoms with Crippen LogP contribution in [-0.4, -0.2) is 30.2 Å². The SMILES string of the molecule is CCOC(=O)C1=C(C)N=c2s/c(=C\c3ccc(-c4ccc(Cl)c(Cl)c4)o3)c(=O)n2C1c1ccc(OC(C)=O)c(OC)c1. The average molecular weight is 628 g/mol. The number of carbonyl (C=O) groups is 2. The Kier molecular flexibility index (Phi) is 8.40. The molecule has 1 aliphatic rings. The number of allylic oxidation sites excluding steroid dienone is 1. The van der Waals surface area contributed by atoms with Crippen LogP contribution < -0.4 is 24.4 Å². The largest absolute Gasteiger partial charge is 0.493 e. The Hall–Kier alpha value is -4.12. The summed E-state index contributed by atoms with van der Waals surface area (Å²) in [6, 6.07) is 12.6. The van der Waals surface area contributed by atoms with Gasteiger partial charge < -0.3 is 18.6 Å². The summed E-state index contributed by atoms with van der Waals surface area (Å²) in [5.41, 5.74) is 1.50. The van der Waals surface area contributed by atoms with Gasteiger partial charge in [-0.05, 0) is 61.9 Å². The summed E-state index contributed by atoms with van der Waals surface area (Å²) >= 11 is 13.4. The molecule has 42 heavy (non-hydrogen) atoms. The van der Waals surface area contributed by atoms with Crippen molar-refractivity contribution in [2.45, 2.75) is 26.8 Å². The predicted molar refractivity (Wildman–Crippen MR) is 159 cm³/mol. The number of thiazole rings is 1. The van der Waals surface area contributed by atoms with Crippen molar-refractivity contribution in [1.82, 2.24) is 4.57 Å². The molecule has 9 nitrogen and oxygen atoms in total. The maximum absolute atomic E-state index is 13.9. The van der Waals surface area contributed by atoms with Crippen molar-refractivity contribution in [2.75, 3.05) is 13.7 Å². The van der Waals surface area contributed by atoms with E-state index in [1.807, 2.05) is 0 Å². The highest BCUT2D eigenvalue weighted by atomic mass is 35.5. The smallest absolute Gasteiger partial charge is 0.338 e. The van der Waals surface area contributed by atoms with E-state index >= 15 is 0 Å². The Bertz CT molecular complexity index is 1940. The molecule has 216 valence electrons. The number of ether oxygens (including phenoxy) is 3. The number of rotatable bonds is 7. The van der Waals surface area contributed by atoms with Gasteiger partial charge in [0, 0.05) is 18.6 Å². The highest BCUT2D eigenvalue weighted by Gasteiger charge is 2.34. The van der Waals surface area contributed by atoms with Crippen molar-refractivity contribution in [3.8, 4) is 22.8 Å². The molecule has 0 saturated heterocycles. The summed E-state index contributed by atoms with van der Waals surface area (Å²) < 4.78 is 23.8. The van der Waals surface area contributed by atoms with E-state index in [0.29, 0.717) is 42.2 Å². The highest BCUT2D eigenvalue weighted by molar-refractivity contribution is 7.07. The summed E-state index contributed by atoms with van der Waals surface area (Å²) in [5, 5.41) is 0.824. The number of benzene rings is 2. The summed E-state index contributed by atoms with van der Waals surface area (Å²) in [6.07, 6.45) is 1.62. The number of nitrogens with zero attached hydrogens (tertiary/aromatic N) is 2. The number of halogens is 2. The molecule has 0 aliphatic carbocycles. The molecular formula is C30H24Cl2N2O7S. The van der Waals surface area contributed by atoms with Crippen LogP contribution in [0.2, 0.25) is 10.0 Å². The van der Waals surface area contributed by atoms with Crippen LogP contribution >= 0.6 is 34.5 Å². The maximum Gasteiger partial charge on any atom is 0.338 e. The van der Waals surface area contributed by atoms with Crippen LogP contribution in [0.1, 0.15) is 38.1 Å². The predicted octanol–water partition coefficient (Wildman–Crippen LogP) is 5.30. The second-order valence-corrected chi connectivity index (χ2v) is 11.0. The molecule has 3 heterocycles. The van der Waals surface area contributed by atoms with Crippen molar-refractivity contribution in [3.05, 3.63) is 101 Å². The monoisotopic (exact) mass is 626 g/mol. The highest BCUT2D eigenvalue weighted by Crippen LogP contribution is 2.36. The van der Waals surface area contributed by atoms with Crippen LogP contribution in [0.25, 0.3) is 17.4 Å². The maximum atomic E-state index is 13.9. The number of aromatic nitrogens is 1. The first-order valence-electron chi connectivity index (χ1n) is 12.7. The van der Waals surface area contributed by atoms with Crippen molar-refractivity contribution in [2.24, 2.45) is 4.99 Å². The summed E-state index contributed by atoms with van der Waals surface area (Å²) in [6.45, 7) is 4.81. The van der Waals surface area contributed by atoms with Crippen LogP contribution in [-0.2, 0) is 14.3 Å². The lowest BCUT2D eigenvalue weighted by molar-refractivity contribution is -0.139. The summed E-state index contributed by atoms with van der Waals surface area (Å²) in [7, 11) is 1.43. The van der Waals surface area contributed by atoms with E-state index in [4.69, 9.17) is 41.8 Å². The number of fused-ring (bicyclic) bond motifs is 1. The number of methoxy groups -OCH3 is 1. The van der Waals surface area contributed by atoms with Gasteiger partial charge in [-0.3, -0.25) is 14.2 Å². The molecule has 0 bridgehead atoms. The first kappa shape index (κ1) is 29.4. The number of furan rings is 1. The van der Waals surface area contributed by atoms with Crippen molar-refractivity contribution >= 4 is 52.6 Å². The summed E-state index contributed by atoms with van der Waals surface area (Å²) in [4.78, 5) is 43.6. The van der Waals surface area contributed by atoms with Gasteiger partial charge in [-0.2, -0.15) is 0 Å². The molecule has 0 radical (unpaired) electrons. The molecule has 0 saturated carbocycles. The first-order valence-corrected chi connectivity index (χ1v) is 14.3. The molecule has 0 N–H and O–H groups in total. The molecule has 0 amide bonds. The Morgan fingerprint density at radius 3 is 2.57 bits per heavy atom. The molecule has 1 aliphatic heterocycles. The molecule has 0 fully saturated rings. The molecule has 1 unspecified atom stereocenters. The minimum absolute atomic E-state index is 0.140. The van der Waals surface area contributed by atoms with Gasteiger partial charge in [0.15, 0.2) is 16.3 Å². The van der Waals surface area contributed by atoms with Gasteiger partial charge in [0.2, 0.25) is 0 Å². The Labute approximate surface area is 253 Å². The van der Waals surface area contributed by atoms with Crippen molar-refractivity contribution < 1.29 is 28.2 Å². The third kappa shape index (κ3) is 5.65. The molecule has 4 aromatic rings. The normalized spacial score (nSPS) is 14.8. The van der Waals surface area contributed by atoms with Gasteiger partial charge in [-0.1, -0.05) is 40.6 Å². The van der Waals surface area contributed by atoms with E-state index in [0.717, 1.165) is 16.9 Å². The second-order valence-electron chi connectivity index (χ2n) is 9.14. The number of esters is 2. The fraction of sp³-hybridized carbons (Fsp3) is 0.200. The average Bonchev–Trinajstić information content (AvgIpc) is 3.53. The Morgan fingerprint density at radius 1 is 1.10 bits per heavy atom. The van der Waals surface area contributed by atoms with E-state index in [2.05, 4.69) is 4.99 Å². The lowest BCUT2D eigenvalue weighted by Gasteiger charge is -2.25. The fourth-order valence-electron chi connectivity index (χ4n) is 4.56. The minimum Gasteiger partial charge on any atom is -0.493 e. The van der Waals surface area contributed by atoms with Crippen LogP contribution in [0.15, 0.2) is 74.0 Å². The molecule has 0 spiro atoms. The minimum atomic E-state index is -0.883. The zero-order valence-corrected chi connectivity index (χ0v) is 25.2. The van der Waals surface area contributed by atoms with E-state index < -0.39 is 18.0 Å². The topological polar surface area (TPSA) is 109 Å². The standard InChI is InChI=1S/C30H24Cl2N2O7S/c1-5-39-29(37)26-15(2)33-30-34(27(26)18-7-10-23(40-16(3)35)24(13-18)38-4)28(36)25(42-30)14-19-8-11-22(41-19)17-6-9-20(31)21(32)12-17/h6-14,27H,5H2,1-4H3/b25-14-. The molecule has 2 aromatic carbocycles. The fourth-order valence-corrected chi connectivity index (χ4v) is 5.89. The molecular weight excluding hydrogens is 603 g/mol. The van der Waals surface area contributed by atoms with Crippen LogP contribution in [0.4, 0.5) is 0 Å². The molecule has 2 aromatic heterocycles.